The quantitative estimate of drug-likeness (QED) is 0.580. The molecule has 1 amide bonds. The fourth-order valence-electron chi connectivity index (χ4n) is 3.49. The van der Waals surface area contributed by atoms with Crippen LogP contribution in [0, 0.1) is 0 Å². The summed E-state index contributed by atoms with van der Waals surface area (Å²) in [6.07, 6.45) is 0.664. The number of benzene rings is 2. The number of hydrazone groups is 1. The van der Waals surface area contributed by atoms with Gasteiger partial charge < -0.3 is 0 Å². The van der Waals surface area contributed by atoms with E-state index in [4.69, 9.17) is 16.7 Å². The van der Waals surface area contributed by atoms with E-state index in [9.17, 15) is 4.79 Å². The number of carbonyl (C=O) groups excluding carboxylic acids is 1. The van der Waals surface area contributed by atoms with Crippen LogP contribution in [0.2, 0.25) is 5.15 Å². The molecule has 0 radical (unpaired) electrons. The van der Waals surface area contributed by atoms with Gasteiger partial charge in [0.1, 0.15) is 5.15 Å². The first-order chi connectivity index (χ1) is 13.7. The van der Waals surface area contributed by atoms with Crippen LogP contribution in [0.4, 0.5) is 0 Å². The van der Waals surface area contributed by atoms with Crippen LogP contribution in [0.15, 0.2) is 70.8 Å². The fraction of sp³-hybridized carbons (Fsp3) is 0.143. The van der Waals surface area contributed by atoms with Crippen molar-refractivity contribution in [1.82, 2.24) is 9.99 Å². The number of amidine groups is 1. The molecule has 0 aliphatic carbocycles. The Balaban J connectivity index is 1.60. The lowest BCUT2D eigenvalue weighted by atomic mass is 9.98. The topological polar surface area (TPSA) is 57.9 Å². The zero-order chi connectivity index (χ0) is 19.1. The third kappa shape index (κ3) is 3.08. The molecule has 1 aromatic heterocycles. The lowest BCUT2D eigenvalue weighted by molar-refractivity contribution is -0.115. The zero-order valence-corrected chi connectivity index (χ0v) is 16.3. The predicted molar refractivity (Wildman–Crippen MR) is 114 cm³/mol. The van der Waals surface area contributed by atoms with Crippen molar-refractivity contribution < 1.29 is 4.79 Å². The molecule has 0 saturated carbocycles. The maximum absolute atomic E-state index is 11.7. The number of thioether (sulfide) groups is 1. The van der Waals surface area contributed by atoms with Crippen LogP contribution in [0.25, 0.3) is 10.9 Å². The molecular formula is C21H15ClN4OS. The Bertz CT molecular complexity index is 1150. The number of nitrogens with zero attached hydrogens (tertiary/aromatic N) is 4. The van der Waals surface area contributed by atoms with Crippen LogP contribution in [-0.2, 0) is 4.79 Å². The Labute approximate surface area is 171 Å². The highest BCUT2D eigenvalue weighted by atomic mass is 35.5. The van der Waals surface area contributed by atoms with Crippen molar-refractivity contribution in [3.05, 3.63) is 76.9 Å². The molecule has 1 unspecified atom stereocenters. The van der Waals surface area contributed by atoms with E-state index in [1.807, 2.05) is 59.6 Å². The third-order valence-electron chi connectivity index (χ3n) is 4.82. The van der Waals surface area contributed by atoms with Gasteiger partial charge in [-0.15, -0.1) is 0 Å². The number of hydrogen-bond acceptors (Lipinski definition) is 5. The summed E-state index contributed by atoms with van der Waals surface area (Å²) < 4.78 is 0. The molecule has 5 rings (SSSR count). The molecule has 0 bridgehead atoms. The molecule has 138 valence electrons. The van der Waals surface area contributed by atoms with E-state index in [0.29, 0.717) is 22.5 Å². The van der Waals surface area contributed by atoms with E-state index in [1.165, 1.54) is 11.8 Å². The van der Waals surface area contributed by atoms with Gasteiger partial charge in [0.05, 0.1) is 23.0 Å². The number of carbonyl (C=O) groups is 1. The highest BCUT2D eigenvalue weighted by Crippen LogP contribution is 2.39. The molecule has 2 aliphatic heterocycles. The van der Waals surface area contributed by atoms with Gasteiger partial charge in [0, 0.05) is 17.4 Å². The highest BCUT2D eigenvalue weighted by molar-refractivity contribution is 8.14. The maximum Gasteiger partial charge on any atom is 0.258 e. The maximum atomic E-state index is 11.7. The van der Waals surface area contributed by atoms with Gasteiger partial charge in [-0.2, -0.15) is 10.1 Å². The summed E-state index contributed by atoms with van der Waals surface area (Å²) in [5.41, 5.74) is 3.73. The summed E-state index contributed by atoms with van der Waals surface area (Å²) in [6, 6.07) is 19.8. The van der Waals surface area contributed by atoms with Crippen molar-refractivity contribution in [2.75, 3.05) is 5.75 Å². The molecule has 2 aromatic carbocycles. The number of para-hydroxylation sites is 1. The van der Waals surface area contributed by atoms with Gasteiger partial charge >= 0.3 is 0 Å². The summed E-state index contributed by atoms with van der Waals surface area (Å²) in [6.45, 7) is 0. The summed E-state index contributed by atoms with van der Waals surface area (Å²) in [7, 11) is 0. The number of rotatable bonds is 2. The SMILES string of the molecule is O=C1CSC(N2N=C(c3ccccc3)CC2c2cc3ccccc3nc2Cl)=N1. The van der Waals surface area contributed by atoms with E-state index in [0.717, 1.165) is 27.7 Å². The average Bonchev–Trinajstić information content (AvgIpc) is 3.34. The monoisotopic (exact) mass is 406 g/mol. The number of hydrogen-bond donors (Lipinski definition) is 0. The van der Waals surface area contributed by atoms with Gasteiger partial charge in [-0.05, 0) is 17.7 Å². The Morgan fingerprint density at radius 2 is 1.86 bits per heavy atom. The first kappa shape index (κ1) is 17.4. The molecule has 2 aliphatic rings. The molecule has 0 saturated heterocycles. The van der Waals surface area contributed by atoms with Crippen LogP contribution < -0.4 is 0 Å². The van der Waals surface area contributed by atoms with E-state index < -0.39 is 0 Å². The molecule has 28 heavy (non-hydrogen) atoms. The van der Waals surface area contributed by atoms with E-state index in [-0.39, 0.29) is 11.9 Å². The second-order valence-electron chi connectivity index (χ2n) is 6.62. The van der Waals surface area contributed by atoms with Crippen LogP contribution in [0.1, 0.15) is 23.6 Å². The largest absolute Gasteiger partial charge is 0.272 e. The van der Waals surface area contributed by atoms with Gasteiger partial charge in [0.2, 0.25) is 0 Å². The van der Waals surface area contributed by atoms with Crippen molar-refractivity contribution in [3.63, 3.8) is 0 Å². The minimum absolute atomic E-state index is 0.134. The fourth-order valence-corrected chi connectivity index (χ4v) is 4.55. The molecule has 3 aromatic rings. The molecule has 0 fully saturated rings. The van der Waals surface area contributed by atoms with E-state index >= 15 is 0 Å². The molecule has 0 N–H and O–H groups in total. The number of fused-ring (bicyclic) bond motifs is 1. The minimum atomic E-state index is -0.156. The van der Waals surface area contributed by atoms with E-state index in [2.05, 4.69) is 16.0 Å². The smallest absolute Gasteiger partial charge is 0.258 e. The molecule has 3 heterocycles. The first-order valence-electron chi connectivity index (χ1n) is 8.91. The van der Waals surface area contributed by atoms with Crippen LogP contribution in [0.5, 0.6) is 0 Å². The molecule has 0 spiro atoms. The standard InChI is InChI=1S/C21H15ClN4OS/c22-20-15(10-14-8-4-5-9-16(14)23-20)18-11-17(13-6-2-1-3-7-13)25-26(18)21-24-19(27)12-28-21/h1-10,18H,11-12H2. The lowest BCUT2D eigenvalue weighted by Crippen LogP contribution is -2.24. The second-order valence-corrected chi connectivity index (χ2v) is 7.92. The van der Waals surface area contributed by atoms with Gasteiger partial charge in [-0.3, -0.25) is 4.79 Å². The number of aromatic nitrogens is 1. The van der Waals surface area contributed by atoms with Gasteiger partial charge in [0.25, 0.3) is 5.91 Å². The van der Waals surface area contributed by atoms with Gasteiger partial charge in [-0.1, -0.05) is 71.9 Å². The molecular weight excluding hydrogens is 392 g/mol. The number of pyridine rings is 1. The third-order valence-corrected chi connectivity index (χ3v) is 6.05. The summed E-state index contributed by atoms with van der Waals surface area (Å²) in [4.78, 5) is 20.5. The van der Waals surface area contributed by atoms with Crippen LogP contribution in [-0.4, -0.2) is 32.5 Å². The van der Waals surface area contributed by atoms with Crippen molar-refractivity contribution in [2.24, 2.45) is 10.1 Å². The summed E-state index contributed by atoms with van der Waals surface area (Å²) in [5, 5.41) is 8.73. The lowest BCUT2D eigenvalue weighted by Gasteiger charge is -2.23. The number of amides is 1. The van der Waals surface area contributed by atoms with Crippen molar-refractivity contribution in [3.8, 4) is 0 Å². The van der Waals surface area contributed by atoms with Gasteiger partial charge in [0.15, 0.2) is 5.17 Å². The zero-order valence-electron chi connectivity index (χ0n) is 14.7. The molecule has 7 heteroatoms. The van der Waals surface area contributed by atoms with Gasteiger partial charge in [-0.25, -0.2) is 9.99 Å². The van der Waals surface area contributed by atoms with Crippen LogP contribution >= 0.6 is 23.4 Å². The Morgan fingerprint density at radius 1 is 1.07 bits per heavy atom. The Morgan fingerprint density at radius 3 is 2.64 bits per heavy atom. The summed E-state index contributed by atoms with van der Waals surface area (Å²) >= 11 is 7.98. The Kier molecular flexibility index (Phi) is 4.37. The molecule has 1 atom stereocenters. The number of halogens is 1. The number of aliphatic imine (C=N–C) groups is 1. The second kappa shape index (κ2) is 7.04. The molecule has 5 nitrogen and oxygen atoms in total. The predicted octanol–water partition coefficient (Wildman–Crippen LogP) is 4.67. The van der Waals surface area contributed by atoms with Crippen molar-refractivity contribution in [2.45, 2.75) is 12.5 Å². The highest BCUT2D eigenvalue weighted by Gasteiger charge is 2.36. The average molecular weight is 407 g/mol. The van der Waals surface area contributed by atoms with Crippen molar-refractivity contribution in [1.29, 1.82) is 0 Å². The first-order valence-corrected chi connectivity index (χ1v) is 10.3. The van der Waals surface area contributed by atoms with E-state index in [1.54, 1.807) is 0 Å². The minimum Gasteiger partial charge on any atom is -0.272 e. The Hall–Kier alpha value is -2.70. The summed E-state index contributed by atoms with van der Waals surface area (Å²) in [5.74, 6) is 0.211. The normalized spacial score (nSPS) is 19.2. The van der Waals surface area contributed by atoms with Crippen LogP contribution in [0.3, 0.4) is 0 Å². The van der Waals surface area contributed by atoms with Crippen molar-refractivity contribution >= 4 is 51.1 Å².